The van der Waals surface area contributed by atoms with Crippen LogP contribution >= 0.6 is 22.9 Å². The molecule has 0 saturated carbocycles. The van der Waals surface area contributed by atoms with E-state index in [9.17, 15) is 9.65 Å². The van der Waals surface area contributed by atoms with E-state index in [1.165, 1.54) is 18.3 Å². The molecule has 0 bridgehead atoms. The summed E-state index contributed by atoms with van der Waals surface area (Å²) in [6.45, 7) is 4.11. The fourth-order valence-corrected chi connectivity index (χ4v) is 5.31. The lowest BCUT2D eigenvalue weighted by atomic mass is 9.99. The fourth-order valence-electron chi connectivity index (χ4n) is 4.25. The Kier molecular flexibility index (Phi) is 5.08. The van der Waals surface area contributed by atoms with Gasteiger partial charge in [0.05, 0.1) is 26.5 Å². The molecule has 1 saturated heterocycles. The maximum atomic E-state index is 15.9. The quantitative estimate of drug-likeness (QED) is 0.441. The van der Waals surface area contributed by atoms with E-state index in [1.54, 1.807) is 6.07 Å². The maximum Gasteiger partial charge on any atom is 0.181 e. The molecule has 32 heavy (non-hydrogen) atoms. The summed E-state index contributed by atoms with van der Waals surface area (Å²) in [6, 6.07) is 6.68. The van der Waals surface area contributed by atoms with Crippen molar-refractivity contribution in [2.24, 2.45) is 0 Å². The zero-order valence-corrected chi connectivity index (χ0v) is 18.5. The van der Waals surface area contributed by atoms with Crippen molar-refractivity contribution >= 4 is 54.9 Å². The lowest BCUT2D eigenvalue weighted by Gasteiger charge is -2.34. The highest BCUT2D eigenvalue weighted by atomic mass is 35.5. The summed E-state index contributed by atoms with van der Waals surface area (Å²) in [5, 5.41) is 13.8. The number of piperazine rings is 1. The third-order valence-electron chi connectivity index (χ3n) is 5.61. The molecule has 1 aliphatic heterocycles. The molecule has 4 aromatic rings. The van der Waals surface area contributed by atoms with Gasteiger partial charge in [0, 0.05) is 48.4 Å². The molecular weight excluding hydrogens is 454 g/mol. The molecular formula is C22H17ClF2N6S. The molecule has 2 aromatic heterocycles. The van der Waals surface area contributed by atoms with Gasteiger partial charge >= 0.3 is 0 Å². The van der Waals surface area contributed by atoms with Crippen molar-refractivity contribution in [1.29, 1.82) is 5.26 Å². The molecule has 0 unspecified atom stereocenters. The number of halogens is 3. The van der Waals surface area contributed by atoms with E-state index in [4.69, 9.17) is 17.3 Å². The summed E-state index contributed by atoms with van der Waals surface area (Å²) >= 11 is 7.59. The van der Waals surface area contributed by atoms with Crippen LogP contribution in [0.5, 0.6) is 0 Å². The summed E-state index contributed by atoms with van der Waals surface area (Å²) in [4.78, 5) is 10.5. The van der Waals surface area contributed by atoms with E-state index in [1.807, 2.05) is 6.92 Å². The number of hydrogen-bond acceptors (Lipinski definition) is 7. The Bertz CT molecular complexity index is 1430. The number of nitrogens with one attached hydrogen (secondary N) is 1. The minimum atomic E-state index is -0.652. The summed E-state index contributed by atoms with van der Waals surface area (Å²) in [5.41, 5.74) is 7.49. The van der Waals surface area contributed by atoms with Crippen LogP contribution in [0, 0.1) is 23.0 Å². The number of aromatic nitrogens is 2. The van der Waals surface area contributed by atoms with Gasteiger partial charge < -0.3 is 16.0 Å². The van der Waals surface area contributed by atoms with Gasteiger partial charge in [0.15, 0.2) is 10.9 Å². The van der Waals surface area contributed by atoms with Crippen LogP contribution in [-0.4, -0.2) is 35.6 Å². The maximum absolute atomic E-state index is 15.9. The number of nitriles is 1. The minimum Gasteiger partial charge on any atom is -0.375 e. The molecule has 0 amide bonds. The molecule has 2 aromatic carbocycles. The first kappa shape index (κ1) is 20.8. The molecule has 0 spiro atoms. The third-order valence-corrected chi connectivity index (χ3v) is 6.80. The topological polar surface area (TPSA) is 90.9 Å². The zero-order chi connectivity index (χ0) is 22.6. The average molecular weight is 471 g/mol. The number of hydrogen-bond donors (Lipinski definition) is 2. The zero-order valence-electron chi connectivity index (χ0n) is 16.9. The van der Waals surface area contributed by atoms with Crippen molar-refractivity contribution in [2.75, 3.05) is 30.3 Å². The number of benzene rings is 2. The molecule has 1 aliphatic rings. The number of pyridine rings is 1. The van der Waals surface area contributed by atoms with Crippen LogP contribution in [0.2, 0.25) is 5.02 Å². The lowest BCUT2D eigenvalue weighted by molar-refractivity contribution is 0.485. The van der Waals surface area contributed by atoms with Crippen LogP contribution in [-0.2, 0) is 0 Å². The van der Waals surface area contributed by atoms with E-state index < -0.39 is 11.6 Å². The number of thiazole rings is 1. The molecule has 5 rings (SSSR count). The van der Waals surface area contributed by atoms with Gasteiger partial charge in [-0.15, -0.1) is 0 Å². The highest BCUT2D eigenvalue weighted by Gasteiger charge is 2.26. The van der Waals surface area contributed by atoms with Gasteiger partial charge in [-0.1, -0.05) is 22.9 Å². The van der Waals surface area contributed by atoms with Crippen molar-refractivity contribution in [2.45, 2.75) is 13.0 Å². The van der Waals surface area contributed by atoms with Crippen LogP contribution in [0.15, 0.2) is 24.4 Å². The SMILES string of the molecule is C[C@@H]1CN(c2c(C#N)cnc3c(F)c(-c4ccc(F)c5sc(N)nc45)c(Cl)cc23)CCN1. The van der Waals surface area contributed by atoms with Gasteiger partial charge in [-0.3, -0.25) is 4.98 Å². The van der Waals surface area contributed by atoms with Gasteiger partial charge in [0.25, 0.3) is 0 Å². The number of anilines is 2. The van der Waals surface area contributed by atoms with E-state index >= 15 is 4.39 Å². The van der Waals surface area contributed by atoms with Gasteiger partial charge in [-0.05, 0) is 25.1 Å². The second-order valence-electron chi connectivity index (χ2n) is 7.70. The van der Waals surface area contributed by atoms with Crippen LogP contribution in [0.25, 0.3) is 32.2 Å². The van der Waals surface area contributed by atoms with Crippen molar-refractivity contribution in [1.82, 2.24) is 15.3 Å². The third kappa shape index (κ3) is 3.23. The monoisotopic (exact) mass is 470 g/mol. The van der Waals surface area contributed by atoms with Crippen LogP contribution < -0.4 is 16.0 Å². The van der Waals surface area contributed by atoms with Crippen LogP contribution in [0.1, 0.15) is 12.5 Å². The van der Waals surface area contributed by atoms with Gasteiger partial charge in [-0.2, -0.15) is 5.26 Å². The molecule has 162 valence electrons. The highest BCUT2D eigenvalue weighted by molar-refractivity contribution is 7.22. The predicted molar refractivity (Wildman–Crippen MR) is 124 cm³/mol. The van der Waals surface area contributed by atoms with E-state index in [2.05, 4.69) is 26.3 Å². The molecule has 6 nitrogen and oxygen atoms in total. The Morgan fingerprint density at radius 3 is 2.91 bits per heavy atom. The first-order valence-corrected chi connectivity index (χ1v) is 11.1. The Balaban J connectivity index is 1.79. The van der Waals surface area contributed by atoms with Crippen molar-refractivity contribution in [3.05, 3.63) is 46.6 Å². The minimum absolute atomic E-state index is 0.0753. The summed E-state index contributed by atoms with van der Waals surface area (Å²) in [6.07, 6.45) is 1.38. The lowest BCUT2D eigenvalue weighted by Crippen LogP contribution is -2.49. The number of nitrogens with zero attached hydrogens (tertiary/aromatic N) is 4. The standard InChI is InChI=1S/C22H17ClF2N6S/c1-10-9-31(5-4-28-10)20-11(7-26)8-29-18-13(20)6-14(23)16(17(18)25)12-2-3-15(24)21-19(12)30-22(27)32-21/h2-3,6,8,10,28H,4-5,9H2,1H3,(H2,27,30)/t10-/m1/s1. The van der Waals surface area contributed by atoms with Crippen LogP contribution in [0.3, 0.4) is 0 Å². The second-order valence-corrected chi connectivity index (χ2v) is 9.14. The molecule has 3 heterocycles. The van der Waals surface area contributed by atoms with Crippen LogP contribution in [0.4, 0.5) is 19.6 Å². The Morgan fingerprint density at radius 2 is 2.16 bits per heavy atom. The molecule has 1 atom stereocenters. The van der Waals surface area contributed by atoms with E-state index in [0.29, 0.717) is 35.3 Å². The van der Waals surface area contributed by atoms with Gasteiger partial charge in [0.1, 0.15) is 17.4 Å². The molecule has 3 N–H and O–H groups in total. The number of rotatable bonds is 2. The number of nitrogen functional groups attached to an aromatic ring is 1. The Hall–Kier alpha value is -3.06. The Labute approximate surface area is 191 Å². The second kappa shape index (κ2) is 7.81. The van der Waals surface area contributed by atoms with Crippen molar-refractivity contribution in [3.8, 4) is 17.2 Å². The van der Waals surface area contributed by atoms with E-state index in [0.717, 1.165) is 17.9 Å². The molecule has 0 aliphatic carbocycles. The van der Waals surface area contributed by atoms with Crippen molar-refractivity contribution < 1.29 is 8.78 Å². The molecule has 1 fully saturated rings. The summed E-state index contributed by atoms with van der Waals surface area (Å²) in [5.74, 6) is -1.14. The predicted octanol–water partition coefficient (Wildman–Crippen LogP) is 4.70. The van der Waals surface area contributed by atoms with Gasteiger partial charge in [0.2, 0.25) is 0 Å². The highest BCUT2D eigenvalue weighted by Crippen LogP contribution is 2.43. The first-order chi connectivity index (χ1) is 15.4. The fraction of sp³-hybridized carbons (Fsp3) is 0.227. The molecule has 10 heteroatoms. The molecule has 0 radical (unpaired) electrons. The Morgan fingerprint density at radius 1 is 1.34 bits per heavy atom. The number of fused-ring (bicyclic) bond motifs is 2. The normalized spacial score (nSPS) is 16.6. The van der Waals surface area contributed by atoms with E-state index in [-0.39, 0.29) is 37.5 Å². The largest absolute Gasteiger partial charge is 0.375 e. The number of nitrogens with two attached hydrogens (primary N) is 1. The summed E-state index contributed by atoms with van der Waals surface area (Å²) < 4.78 is 30.4. The summed E-state index contributed by atoms with van der Waals surface area (Å²) in [7, 11) is 0. The van der Waals surface area contributed by atoms with Gasteiger partial charge in [-0.25, -0.2) is 13.8 Å². The average Bonchev–Trinajstić information content (AvgIpc) is 3.17. The van der Waals surface area contributed by atoms with Crippen molar-refractivity contribution in [3.63, 3.8) is 0 Å². The smallest absolute Gasteiger partial charge is 0.181 e. The first-order valence-electron chi connectivity index (χ1n) is 9.93.